The molecule has 0 fully saturated rings. The number of nitrogens with one attached hydrogen (secondary N) is 2. The standard InChI is InChI=1S/C19H13FIN3O2/c20-13-3-6-15(7-4-13)23-19(26)16-10-14(21)5-8-17(16)24-18(25)12-2-1-9-22-11-12/h1-11H,(H,23,26)(H,24,25). The lowest BCUT2D eigenvalue weighted by atomic mass is 10.1. The van der Waals surface area contributed by atoms with Crippen LogP contribution in [0.1, 0.15) is 20.7 Å². The Bertz CT molecular complexity index is 947. The number of pyridine rings is 1. The zero-order valence-electron chi connectivity index (χ0n) is 13.4. The van der Waals surface area contributed by atoms with Gasteiger partial charge in [-0.05, 0) is 77.2 Å². The molecule has 7 heteroatoms. The first kappa shape index (κ1) is 18.0. The molecule has 2 aromatic carbocycles. The van der Waals surface area contributed by atoms with E-state index in [1.165, 1.54) is 30.5 Å². The average molecular weight is 461 g/mol. The highest BCUT2D eigenvalue weighted by Gasteiger charge is 2.15. The monoisotopic (exact) mass is 461 g/mol. The number of rotatable bonds is 4. The molecule has 3 aromatic rings. The SMILES string of the molecule is O=C(Nc1ccc(I)cc1C(=O)Nc1ccc(F)cc1)c1cccnc1. The van der Waals surface area contributed by atoms with Crippen molar-refractivity contribution in [2.24, 2.45) is 0 Å². The van der Waals surface area contributed by atoms with Crippen LogP contribution in [-0.4, -0.2) is 16.8 Å². The lowest BCUT2D eigenvalue weighted by Gasteiger charge is -2.12. The van der Waals surface area contributed by atoms with E-state index in [0.29, 0.717) is 22.5 Å². The number of hydrogen-bond acceptors (Lipinski definition) is 3. The zero-order valence-corrected chi connectivity index (χ0v) is 15.5. The van der Waals surface area contributed by atoms with Crippen molar-refractivity contribution < 1.29 is 14.0 Å². The van der Waals surface area contributed by atoms with E-state index < -0.39 is 5.91 Å². The number of hydrogen-bond donors (Lipinski definition) is 2. The molecule has 0 aliphatic heterocycles. The number of anilines is 2. The quantitative estimate of drug-likeness (QED) is 0.569. The number of nitrogens with zero attached hydrogens (tertiary/aromatic N) is 1. The summed E-state index contributed by atoms with van der Waals surface area (Å²) in [7, 11) is 0. The lowest BCUT2D eigenvalue weighted by molar-refractivity contribution is 0.102. The fourth-order valence-corrected chi connectivity index (χ4v) is 2.73. The molecule has 0 aliphatic rings. The van der Waals surface area contributed by atoms with Crippen LogP contribution in [0, 0.1) is 9.39 Å². The third-order valence-electron chi connectivity index (χ3n) is 3.50. The Balaban J connectivity index is 1.84. The smallest absolute Gasteiger partial charge is 0.257 e. The van der Waals surface area contributed by atoms with Crippen LogP contribution in [0.4, 0.5) is 15.8 Å². The van der Waals surface area contributed by atoms with Crippen LogP contribution in [0.15, 0.2) is 67.0 Å². The van der Waals surface area contributed by atoms with Crippen molar-refractivity contribution >= 4 is 45.8 Å². The van der Waals surface area contributed by atoms with Gasteiger partial charge in [-0.2, -0.15) is 0 Å². The van der Waals surface area contributed by atoms with E-state index in [4.69, 9.17) is 0 Å². The number of amides is 2. The summed E-state index contributed by atoms with van der Waals surface area (Å²) in [5.41, 5.74) is 1.52. The third kappa shape index (κ3) is 4.42. The van der Waals surface area contributed by atoms with Crippen LogP contribution in [-0.2, 0) is 0 Å². The maximum atomic E-state index is 13.0. The number of carbonyl (C=O) groups excluding carboxylic acids is 2. The van der Waals surface area contributed by atoms with Gasteiger partial charge in [0.25, 0.3) is 11.8 Å². The molecule has 0 atom stereocenters. The van der Waals surface area contributed by atoms with Gasteiger partial charge in [0.2, 0.25) is 0 Å². The maximum absolute atomic E-state index is 13.0. The van der Waals surface area contributed by atoms with Crippen LogP contribution in [0.5, 0.6) is 0 Å². The number of halogens is 2. The summed E-state index contributed by atoms with van der Waals surface area (Å²) in [6.45, 7) is 0. The van der Waals surface area contributed by atoms with E-state index >= 15 is 0 Å². The summed E-state index contributed by atoms with van der Waals surface area (Å²) >= 11 is 2.08. The highest BCUT2D eigenvalue weighted by molar-refractivity contribution is 14.1. The van der Waals surface area contributed by atoms with Gasteiger partial charge in [0.15, 0.2) is 0 Å². The molecule has 0 radical (unpaired) electrons. The second kappa shape index (κ2) is 8.05. The van der Waals surface area contributed by atoms with E-state index in [-0.39, 0.29) is 11.7 Å². The summed E-state index contributed by atoms with van der Waals surface area (Å²) in [6.07, 6.45) is 3.02. The predicted octanol–water partition coefficient (Wildman–Crippen LogP) is 4.33. The number of benzene rings is 2. The first-order valence-corrected chi connectivity index (χ1v) is 8.68. The van der Waals surface area contributed by atoms with Gasteiger partial charge in [-0.1, -0.05) is 0 Å². The van der Waals surface area contributed by atoms with Gasteiger partial charge < -0.3 is 10.6 Å². The second-order valence-corrected chi connectivity index (χ2v) is 6.59. The van der Waals surface area contributed by atoms with E-state index in [2.05, 4.69) is 38.2 Å². The Kier molecular flexibility index (Phi) is 5.57. The Morgan fingerprint density at radius 2 is 1.73 bits per heavy atom. The highest BCUT2D eigenvalue weighted by atomic mass is 127. The number of aromatic nitrogens is 1. The van der Waals surface area contributed by atoms with Crippen molar-refractivity contribution in [3.05, 3.63) is 87.5 Å². The van der Waals surface area contributed by atoms with Crippen LogP contribution >= 0.6 is 22.6 Å². The summed E-state index contributed by atoms with van der Waals surface area (Å²) < 4.78 is 13.8. The van der Waals surface area contributed by atoms with Crippen LogP contribution in [0.25, 0.3) is 0 Å². The predicted molar refractivity (Wildman–Crippen MR) is 106 cm³/mol. The Morgan fingerprint density at radius 1 is 0.962 bits per heavy atom. The van der Waals surface area contributed by atoms with Gasteiger partial charge >= 0.3 is 0 Å². The van der Waals surface area contributed by atoms with E-state index in [0.717, 1.165) is 3.57 Å². The van der Waals surface area contributed by atoms with Crippen LogP contribution in [0.2, 0.25) is 0 Å². The lowest BCUT2D eigenvalue weighted by Crippen LogP contribution is -2.18. The molecular formula is C19H13FIN3O2. The van der Waals surface area contributed by atoms with Gasteiger partial charge in [-0.25, -0.2) is 4.39 Å². The maximum Gasteiger partial charge on any atom is 0.257 e. The molecule has 0 bridgehead atoms. The van der Waals surface area contributed by atoms with Crippen molar-refractivity contribution in [1.29, 1.82) is 0 Å². The van der Waals surface area contributed by atoms with Crippen LogP contribution < -0.4 is 10.6 Å². The minimum Gasteiger partial charge on any atom is -0.322 e. The average Bonchev–Trinajstić information content (AvgIpc) is 2.65. The molecule has 3 rings (SSSR count). The third-order valence-corrected chi connectivity index (χ3v) is 4.17. The molecule has 5 nitrogen and oxygen atoms in total. The second-order valence-electron chi connectivity index (χ2n) is 5.35. The molecule has 1 aromatic heterocycles. The van der Waals surface area contributed by atoms with Crippen molar-refractivity contribution in [3.63, 3.8) is 0 Å². The van der Waals surface area contributed by atoms with Crippen molar-refractivity contribution in [2.45, 2.75) is 0 Å². The minimum atomic E-state index is -0.406. The first-order chi connectivity index (χ1) is 12.5. The molecule has 0 aliphatic carbocycles. The fourth-order valence-electron chi connectivity index (χ4n) is 2.24. The summed E-state index contributed by atoms with van der Waals surface area (Å²) in [5.74, 6) is -1.16. The van der Waals surface area contributed by atoms with Gasteiger partial charge in [0.1, 0.15) is 5.82 Å². The molecule has 2 N–H and O–H groups in total. The molecule has 2 amide bonds. The van der Waals surface area contributed by atoms with Gasteiger partial charge in [0, 0.05) is 21.7 Å². The fraction of sp³-hybridized carbons (Fsp3) is 0. The Morgan fingerprint density at radius 3 is 2.42 bits per heavy atom. The topological polar surface area (TPSA) is 71.1 Å². The van der Waals surface area contributed by atoms with E-state index in [1.54, 1.807) is 36.5 Å². The molecule has 130 valence electrons. The molecule has 0 unspecified atom stereocenters. The largest absolute Gasteiger partial charge is 0.322 e. The zero-order chi connectivity index (χ0) is 18.5. The Hall–Kier alpha value is -2.81. The summed E-state index contributed by atoms with van der Waals surface area (Å²) in [5, 5.41) is 5.42. The minimum absolute atomic E-state index is 0.304. The molecule has 26 heavy (non-hydrogen) atoms. The molecule has 1 heterocycles. The van der Waals surface area contributed by atoms with Crippen molar-refractivity contribution in [1.82, 2.24) is 4.98 Å². The van der Waals surface area contributed by atoms with Crippen molar-refractivity contribution in [2.75, 3.05) is 10.6 Å². The van der Waals surface area contributed by atoms with E-state index in [1.807, 2.05) is 0 Å². The van der Waals surface area contributed by atoms with Gasteiger partial charge in [-0.3, -0.25) is 14.6 Å². The summed E-state index contributed by atoms with van der Waals surface area (Å²) in [4.78, 5) is 28.9. The molecule has 0 spiro atoms. The van der Waals surface area contributed by atoms with Gasteiger partial charge in [0.05, 0.1) is 16.8 Å². The highest BCUT2D eigenvalue weighted by Crippen LogP contribution is 2.21. The van der Waals surface area contributed by atoms with Crippen LogP contribution in [0.3, 0.4) is 0 Å². The molecular weight excluding hydrogens is 448 g/mol. The van der Waals surface area contributed by atoms with E-state index in [9.17, 15) is 14.0 Å². The number of carbonyl (C=O) groups is 2. The first-order valence-electron chi connectivity index (χ1n) is 7.61. The summed E-state index contributed by atoms with van der Waals surface area (Å²) in [6, 6.07) is 13.9. The molecule has 0 saturated heterocycles. The molecule has 0 saturated carbocycles. The Labute approximate surface area is 162 Å². The van der Waals surface area contributed by atoms with Gasteiger partial charge in [-0.15, -0.1) is 0 Å². The van der Waals surface area contributed by atoms with Crippen molar-refractivity contribution in [3.8, 4) is 0 Å². The normalized spacial score (nSPS) is 10.2.